The van der Waals surface area contributed by atoms with Crippen molar-refractivity contribution in [2.24, 2.45) is 0 Å². The Labute approximate surface area is 192 Å². The fourth-order valence-electron chi connectivity index (χ4n) is 3.61. The number of hydrogen-bond acceptors (Lipinski definition) is 4. The molecule has 0 aliphatic carbocycles. The third kappa shape index (κ3) is 4.12. The van der Waals surface area contributed by atoms with Crippen molar-refractivity contribution in [1.82, 2.24) is 0 Å². The van der Waals surface area contributed by atoms with Gasteiger partial charge in [0.05, 0.1) is 17.9 Å². The predicted molar refractivity (Wildman–Crippen MR) is 128 cm³/mol. The molecule has 1 aliphatic rings. The van der Waals surface area contributed by atoms with Crippen LogP contribution in [0.25, 0.3) is 5.57 Å². The highest BCUT2D eigenvalue weighted by atomic mass is 35.5. The molecule has 3 aromatic rings. The van der Waals surface area contributed by atoms with Gasteiger partial charge in [0.25, 0.3) is 11.8 Å². The molecular formula is C26H23ClN2O3. The van der Waals surface area contributed by atoms with Gasteiger partial charge in [-0.1, -0.05) is 41.9 Å². The van der Waals surface area contributed by atoms with E-state index in [2.05, 4.69) is 5.32 Å². The number of rotatable bonds is 6. The minimum atomic E-state index is -0.416. The summed E-state index contributed by atoms with van der Waals surface area (Å²) in [6.45, 7) is 6.27. The Hall–Kier alpha value is -3.57. The van der Waals surface area contributed by atoms with E-state index in [9.17, 15) is 9.59 Å². The van der Waals surface area contributed by atoms with Crippen molar-refractivity contribution in [3.05, 3.63) is 94.1 Å². The van der Waals surface area contributed by atoms with Gasteiger partial charge in [0.15, 0.2) is 0 Å². The molecule has 0 spiro atoms. The Bertz CT molecular complexity index is 1230. The average Bonchev–Trinajstić information content (AvgIpc) is 3.01. The van der Waals surface area contributed by atoms with E-state index in [1.807, 2.05) is 51.1 Å². The summed E-state index contributed by atoms with van der Waals surface area (Å²) in [5.41, 5.74) is 4.18. The van der Waals surface area contributed by atoms with Crippen LogP contribution in [0, 0.1) is 13.8 Å². The Kier molecular flexibility index (Phi) is 6.01. The molecule has 162 valence electrons. The van der Waals surface area contributed by atoms with Crippen molar-refractivity contribution in [3.8, 4) is 5.75 Å². The molecule has 1 aliphatic heterocycles. The lowest BCUT2D eigenvalue weighted by atomic mass is 10.0. The van der Waals surface area contributed by atoms with Crippen LogP contribution in [0.5, 0.6) is 5.75 Å². The van der Waals surface area contributed by atoms with Crippen molar-refractivity contribution in [3.63, 3.8) is 0 Å². The SMILES string of the molecule is CCOc1ccc(C2=C(Nc3ccc(C)c(Cl)c3)C(=O)N(c3cccc(C)c3)C2=O)cc1. The zero-order chi connectivity index (χ0) is 22.8. The van der Waals surface area contributed by atoms with Crippen LogP contribution in [-0.4, -0.2) is 18.4 Å². The van der Waals surface area contributed by atoms with E-state index in [-0.39, 0.29) is 11.6 Å². The van der Waals surface area contributed by atoms with Gasteiger partial charge in [-0.3, -0.25) is 9.59 Å². The minimum Gasteiger partial charge on any atom is -0.494 e. The molecule has 3 aromatic carbocycles. The minimum absolute atomic E-state index is 0.209. The summed E-state index contributed by atoms with van der Waals surface area (Å²) < 4.78 is 5.51. The largest absolute Gasteiger partial charge is 0.494 e. The first-order valence-corrected chi connectivity index (χ1v) is 10.7. The maximum atomic E-state index is 13.5. The summed E-state index contributed by atoms with van der Waals surface area (Å²) in [4.78, 5) is 28.2. The Morgan fingerprint density at radius 2 is 1.69 bits per heavy atom. The molecule has 4 rings (SSSR count). The van der Waals surface area contributed by atoms with Gasteiger partial charge in [-0.2, -0.15) is 0 Å². The molecule has 5 nitrogen and oxygen atoms in total. The molecule has 1 heterocycles. The lowest BCUT2D eigenvalue weighted by Crippen LogP contribution is -2.32. The van der Waals surface area contributed by atoms with Crippen LogP contribution in [0.15, 0.2) is 72.4 Å². The first-order chi connectivity index (χ1) is 15.4. The summed E-state index contributed by atoms with van der Waals surface area (Å²) in [5, 5.41) is 3.72. The molecule has 0 unspecified atom stereocenters. The normalized spacial score (nSPS) is 13.7. The topological polar surface area (TPSA) is 58.6 Å². The van der Waals surface area contributed by atoms with Gasteiger partial charge in [-0.25, -0.2) is 4.90 Å². The number of nitrogens with one attached hydrogen (secondary N) is 1. The van der Waals surface area contributed by atoms with Gasteiger partial charge in [-0.15, -0.1) is 0 Å². The molecule has 0 aromatic heterocycles. The Morgan fingerprint density at radius 3 is 2.34 bits per heavy atom. The number of imide groups is 1. The fourth-order valence-corrected chi connectivity index (χ4v) is 3.80. The molecule has 0 saturated carbocycles. The molecule has 2 amide bonds. The van der Waals surface area contributed by atoms with E-state index < -0.39 is 5.91 Å². The third-order valence-corrected chi connectivity index (χ3v) is 5.65. The van der Waals surface area contributed by atoms with E-state index in [1.165, 1.54) is 4.90 Å². The Morgan fingerprint density at radius 1 is 0.938 bits per heavy atom. The second kappa shape index (κ2) is 8.89. The first-order valence-electron chi connectivity index (χ1n) is 10.3. The number of aryl methyl sites for hydroxylation is 2. The van der Waals surface area contributed by atoms with E-state index in [0.29, 0.717) is 39.9 Å². The zero-order valence-electron chi connectivity index (χ0n) is 18.1. The highest BCUT2D eigenvalue weighted by Gasteiger charge is 2.40. The smallest absolute Gasteiger partial charge is 0.282 e. The number of ether oxygens (including phenoxy) is 1. The third-order valence-electron chi connectivity index (χ3n) is 5.24. The monoisotopic (exact) mass is 446 g/mol. The second-order valence-corrected chi connectivity index (χ2v) is 7.99. The number of hydrogen-bond donors (Lipinski definition) is 1. The summed E-state index contributed by atoms with van der Waals surface area (Å²) >= 11 is 6.27. The predicted octanol–water partition coefficient (Wildman–Crippen LogP) is 5.75. The standard InChI is InChI=1S/C26H23ClN2O3/c1-4-32-21-12-9-18(10-13-21)23-24(28-19-11-8-17(3)22(27)15-19)26(31)29(25(23)30)20-7-5-6-16(2)14-20/h5-15,28H,4H2,1-3H3. The summed E-state index contributed by atoms with van der Waals surface area (Å²) in [7, 11) is 0. The van der Waals surface area contributed by atoms with Crippen LogP contribution in [0.4, 0.5) is 11.4 Å². The number of carbonyl (C=O) groups is 2. The number of halogens is 1. The molecule has 0 radical (unpaired) electrons. The van der Waals surface area contributed by atoms with E-state index in [1.54, 1.807) is 36.4 Å². The molecular weight excluding hydrogens is 424 g/mol. The van der Waals surface area contributed by atoms with Crippen LogP contribution in [0.1, 0.15) is 23.6 Å². The first kappa shape index (κ1) is 21.7. The van der Waals surface area contributed by atoms with E-state index in [4.69, 9.17) is 16.3 Å². The van der Waals surface area contributed by atoms with Gasteiger partial charge in [0, 0.05) is 10.7 Å². The van der Waals surface area contributed by atoms with Crippen molar-refractivity contribution < 1.29 is 14.3 Å². The van der Waals surface area contributed by atoms with Crippen LogP contribution in [-0.2, 0) is 9.59 Å². The molecule has 0 bridgehead atoms. The molecule has 32 heavy (non-hydrogen) atoms. The van der Waals surface area contributed by atoms with Crippen molar-refractivity contribution in [2.45, 2.75) is 20.8 Å². The average molecular weight is 447 g/mol. The van der Waals surface area contributed by atoms with E-state index >= 15 is 0 Å². The van der Waals surface area contributed by atoms with Crippen LogP contribution in [0.2, 0.25) is 5.02 Å². The van der Waals surface area contributed by atoms with Gasteiger partial charge in [0.1, 0.15) is 11.4 Å². The molecule has 6 heteroatoms. The van der Waals surface area contributed by atoms with Crippen molar-refractivity contribution in [1.29, 1.82) is 0 Å². The van der Waals surface area contributed by atoms with Crippen molar-refractivity contribution in [2.75, 3.05) is 16.8 Å². The highest BCUT2D eigenvalue weighted by molar-refractivity contribution is 6.46. The number of amides is 2. The van der Waals surface area contributed by atoms with Crippen LogP contribution < -0.4 is 15.0 Å². The number of carbonyl (C=O) groups excluding carboxylic acids is 2. The summed E-state index contributed by atoms with van der Waals surface area (Å²) in [5.74, 6) is -0.101. The summed E-state index contributed by atoms with van der Waals surface area (Å²) in [6, 6.07) is 19.9. The van der Waals surface area contributed by atoms with Gasteiger partial charge in [0.2, 0.25) is 0 Å². The van der Waals surface area contributed by atoms with Gasteiger partial charge >= 0.3 is 0 Å². The van der Waals surface area contributed by atoms with Gasteiger partial charge in [-0.05, 0) is 73.9 Å². The molecule has 0 atom stereocenters. The molecule has 1 N–H and O–H groups in total. The van der Waals surface area contributed by atoms with Crippen LogP contribution >= 0.6 is 11.6 Å². The molecule has 0 fully saturated rings. The fraction of sp³-hybridized carbons (Fsp3) is 0.154. The Balaban J connectivity index is 1.80. The van der Waals surface area contributed by atoms with Crippen LogP contribution in [0.3, 0.4) is 0 Å². The maximum absolute atomic E-state index is 13.5. The highest BCUT2D eigenvalue weighted by Crippen LogP contribution is 2.35. The van der Waals surface area contributed by atoms with Crippen molar-refractivity contribution >= 4 is 40.4 Å². The van der Waals surface area contributed by atoms with E-state index in [0.717, 1.165) is 11.1 Å². The number of nitrogens with zero attached hydrogens (tertiary/aromatic N) is 1. The summed E-state index contributed by atoms with van der Waals surface area (Å²) in [6.07, 6.45) is 0. The quantitative estimate of drug-likeness (QED) is 0.489. The maximum Gasteiger partial charge on any atom is 0.282 e. The number of benzene rings is 3. The second-order valence-electron chi connectivity index (χ2n) is 7.58. The lowest BCUT2D eigenvalue weighted by molar-refractivity contribution is -0.120. The number of anilines is 2. The lowest BCUT2D eigenvalue weighted by Gasteiger charge is -2.16. The molecule has 0 saturated heterocycles. The zero-order valence-corrected chi connectivity index (χ0v) is 18.9. The van der Waals surface area contributed by atoms with Gasteiger partial charge < -0.3 is 10.1 Å².